The van der Waals surface area contributed by atoms with Crippen LogP contribution in [-0.2, 0) is 10.0 Å². The quantitative estimate of drug-likeness (QED) is 0.815. The predicted molar refractivity (Wildman–Crippen MR) is 96.9 cm³/mol. The van der Waals surface area contributed by atoms with Crippen LogP contribution in [0.2, 0.25) is 5.02 Å². The van der Waals surface area contributed by atoms with E-state index in [2.05, 4.69) is 4.90 Å². The van der Waals surface area contributed by atoms with E-state index in [0.29, 0.717) is 29.0 Å². The average Bonchev–Trinajstić information content (AvgIpc) is 2.94. The van der Waals surface area contributed by atoms with E-state index in [0.717, 1.165) is 25.1 Å². The third-order valence-electron chi connectivity index (χ3n) is 4.69. The highest BCUT2D eigenvalue weighted by atomic mass is 35.5. The molecule has 4 nitrogen and oxygen atoms in total. The lowest BCUT2D eigenvalue weighted by atomic mass is 10.2. The first kappa shape index (κ1) is 17.5. The minimum absolute atomic E-state index is 0.304. The van der Waals surface area contributed by atoms with E-state index in [9.17, 15) is 8.42 Å². The van der Waals surface area contributed by atoms with E-state index in [1.807, 2.05) is 18.7 Å². The number of thioether (sulfide) groups is 1. The van der Waals surface area contributed by atoms with Gasteiger partial charge >= 0.3 is 0 Å². The van der Waals surface area contributed by atoms with Gasteiger partial charge in [0.05, 0.1) is 4.90 Å². The van der Waals surface area contributed by atoms with E-state index in [1.165, 1.54) is 17.9 Å². The number of benzene rings is 1. The van der Waals surface area contributed by atoms with Gasteiger partial charge in [-0.15, -0.1) is 0 Å². The molecule has 0 N–H and O–H groups in total. The van der Waals surface area contributed by atoms with Crippen molar-refractivity contribution in [3.63, 3.8) is 0 Å². The van der Waals surface area contributed by atoms with Gasteiger partial charge in [0.1, 0.15) is 0 Å². The number of rotatable bonds is 3. The minimum Gasteiger partial charge on any atom is -0.298 e. The third kappa shape index (κ3) is 3.87. The zero-order chi connectivity index (χ0) is 16.4. The second-order valence-corrected chi connectivity index (χ2v) is 9.72. The normalized spacial score (nSPS) is 24.7. The summed E-state index contributed by atoms with van der Waals surface area (Å²) in [4.78, 5) is 2.77. The molecule has 0 amide bonds. The Hall–Kier alpha value is -0.270. The van der Waals surface area contributed by atoms with Gasteiger partial charge in [-0.25, -0.2) is 8.42 Å². The maximum atomic E-state index is 12.9. The van der Waals surface area contributed by atoms with Gasteiger partial charge in [-0.2, -0.15) is 16.1 Å². The van der Waals surface area contributed by atoms with Crippen molar-refractivity contribution in [3.8, 4) is 0 Å². The first-order chi connectivity index (χ1) is 11.0. The van der Waals surface area contributed by atoms with Crippen molar-refractivity contribution in [1.82, 2.24) is 9.21 Å². The highest BCUT2D eigenvalue weighted by molar-refractivity contribution is 7.99. The summed E-state index contributed by atoms with van der Waals surface area (Å²) in [5.74, 6) is 2.41. The zero-order valence-electron chi connectivity index (χ0n) is 13.4. The molecule has 1 aromatic rings. The molecule has 2 saturated heterocycles. The monoisotopic (exact) mass is 374 g/mol. The summed E-state index contributed by atoms with van der Waals surface area (Å²) < 4.78 is 27.4. The molecule has 2 fully saturated rings. The standard InChI is InChI=1S/C16H23ClN2O2S2/c1-13-3-4-15(11-16(13)17)23(20,21)19-7-2-6-18(8-9-19)14-5-10-22-12-14/h3-4,11,14H,2,5-10,12H2,1H3. The molecule has 0 radical (unpaired) electrons. The molecule has 1 atom stereocenters. The van der Waals surface area contributed by atoms with Gasteiger partial charge in [0.2, 0.25) is 10.0 Å². The van der Waals surface area contributed by atoms with Gasteiger partial charge < -0.3 is 0 Å². The van der Waals surface area contributed by atoms with Crippen molar-refractivity contribution < 1.29 is 8.42 Å². The number of hydrogen-bond acceptors (Lipinski definition) is 4. The average molecular weight is 375 g/mol. The Bertz CT molecular complexity index is 660. The van der Waals surface area contributed by atoms with Crippen LogP contribution in [0.3, 0.4) is 0 Å². The molecule has 0 spiro atoms. The molecule has 0 saturated carbocycles. The Kier molecular flexibility index (Phi) is 5.58. The van der Waals surface area contributed by atoms with Crippen molar-refractivity contribution in [2.75, 3.05) is 37.7 Å². The Labute approximate surface area is 148 Å². The maximum absolute atomic E-state index is 12.9. The van der Waals surface area contributed by atoms with Crippen molar-refractivity contribution in [3.05, 3.63) is 28.8 Å². The summed E-state index contributed by atoms with van der Waals surface area (Å²) in [5, 5.41) is 0.505. The number of hydrogen-bond donors (Lipinski definition) is 0. The van der Waals surface area contributed by atoms with Crippen molar-refractivity contribution >= 4 is 33.4 Å². The fourth-order valence-corrected chi connectivity index (χ4v) is 6.21. The van der Waals surface area contributed by atoms with Gasteiger partial charge in [-0.3, -0.25) is 4.90 Å². The largest absolute Gasteiger partial charge is 0.298 e. The van der Waals surface area contributed by atoms with E-state index in [4.69, 9.17) is 11.6 Å². The summed E-state index contributed by atoms with van der Waals surface area (Å²) in [6.45, 7) is 4.84. The smallest absolute Gasteiger partial charge is 0.243 e. The molecule has 3 rings (SSSR count). The second-order valence-electron chi connectivity index (χ2n) is 6.22. The lowest BCUT2D eigenvalue weighted by Crippen LogP contribution is -2.39. The van der Waals surface area contributed by atoms with E-state index in [-0.39, 0.29) is 0 Å². The van der Waals surface area contributed by atoms with Crippen LogP contribution in [0.4, 0.5) is 0 Å². The Morgan fingerprint density at radius 1 is 1.22 bits per heavy atom. The topological polar surface area (TPSA) is 40.6 Å². The van der Waals surface area contributed by atoms with Crippen LogP contribution >= 0.6 is 23.4 Å². The molecule has 2 heterocycles. The van der Waals surface area contributed by atoms with Crippen LogP contribution in [-0.4, -0.2) is 61.3 Å². The first-order valence-electron chi connectivity index (χ1n) is 8.06. The SMILES string of the molecule is Cc1ccc(S(=O)(=O)N2CCCN(C3CCSC3)CC2)cc1Cl. The fraction of sp³-hybridized carbons (Fsp3) is 0.625. The lowest BCUT2D eigenvalue weighted by Gasteiger charge is -2.26. The molecule has 128 valence electrons. The van der Waals surface area contributed by atoms with Gasteiger partial charge in [0.25, 0.3) is 0 Å². The summed E-state index contributed by atoms with van der Waals surface area (Å²) in [6.07, 6.45) is 2.12. The highest BCUT2D eigenvalue weighted by Gasteiger charge is 2.30. The van der Waals surface area contributed by atoms with Crippen LogP contribution in [0.1, 0.15) is 18.4 Å². The number of sulfonamides is 1. The Balaban J connectivity index is 1.73. The molecular formula is C16H23ClN2O2S2. The predicted octanol–water partition coefficient (Wildman–Crippen LogP) is 2.85. The van der Waals surface area contributed by atoms with Crippen molar-refractivity contribution in [1.29, 1.82) is 0 Å². The molecule has 23 heavy (non-hydrogen) atoms. The van der Waals surface area contributed by atoms with Crippen LogP contribution < -0.4 is 0 Å². The number of halogens is 1. The van der Waals surface area contributed by atoms with Crippen molar-refractivity contribution in [2.45, 2.75) is 30.7 Å². The summed E-state index contributed by atoms with van der Waals surface area (Å²) >= 11 is 8.11. The van der Waals surface area contributed by atoms with Gasteiger partial charge in [0.15, 0.2) is 0 Å². The molecule has 0 bridgehead atoms. The van der Waals surface area contributed by atoms with Crippen LogP contribution in [0.15, 0.2) is 23.1 Å². The van der Waals surface area contributed by atoms with Gasteiger partial charge in [-0.05, 0) is 49.8 Å². The summed E-state index contributed by atoms with van der Waals surface area (Å²) in [7, 11) is -3.45. The molecule has 1 unspecified atom stereocenters. The van der Waals surface area contributed by atoms with Crippen LogP contribution in [0, 0.1) is 6.92 Å². The van der Waals surface area contributed by atoms with Crippen molar-refractivity contribution in [2.24, 2.45) is 0 Å². The van der Waals surface area contributed by atoms with E-state index < -0.39 is 10.0 Å². The molecule has 0 aliphatic carbocycles. The summed E-state index contributed by atoms with van der Waals surface area (Å²) in [5.41, 5.74) is 0.895. The minimum atomic E-state index is -3.45. The fourth-order valence-electron chi connectivity index (χ4n) is 3.21. The van der Waals surface area contributed by atoms with Crippen LogP contribution in [0.5, 0.6) is 0 Å². The Morgan fingerprint density at radius 3 is 2.74 bits per heavy atom. The molecular weight excluding hydrogens is 352 g/mol. The van der Waals surface area contributed by atoms with Crippen LogP contribution in [0.25, 0.3) is 0 Å². The van der Waals surface area contributed by atoms with E-state index >= 15 is 0 Å². The molecule has 0 aromatic heterocycles. The third-order valence-corrected chi connectivity index (χ3v) is 8.14. The second kappa shape index (κ2) is 7.31. The molecule has 7 heteroatoms. The molecule has 2 aliphatic heterocycles. The van der Waals surface area contributed by atoms with E-state index in [1.54, 1.807) is 22.5 Å². The number of nitrogens with zero attached hydrogens (tertiary/aromatic N) is 2. The molecule has 1 aromatic carbocycles. The Morgan fingerprint density at radius 2 is 2.04 bits per heavy atom. The first-order valence-corrected chi connectivity index (χ1v) is 11.0. The van der Waals surface area contributed by atoms with Gasteiger partial charge in [-0.1, -0.05) is 17.7 Å². The lowest BCUT2D eigenvalue weighted by molar-refractivity contribution is 0.223. The number of aryl methyl sites for hydroxylation is 1. The maximum Gasteiger partial charge on any atom is 0.243 e. The molecule has 2 aliphatic rings. The summed E-state index contributed by atoms with van der Waals surface area (Å²) in [6, 6.07) is 5.63. The zero-order valence-corrected chi connectivity index (χ0v) is 15.8. The highest BCUT2D eigenvalue weighted by Crippen LogP contribution is 2.26. The van der Waals surface area contributed by atoms with Gasteiger partial charge in [0, 0.05) is 36.5 Å².